The summed E-state index contributed by atoms with van der Waals surface area (Å²) in [4.78, 5) is 0. The van der Waals surface area contributed by atoms with Crippen molar-refractivity contribution >= 4 is 12.2 Å². The zero-order valence-corrected chi connectivity index (χ0v) is 7.51. The van der Waals surface area contributed by atoms with Gasteiger partial charge in [-0.05, 0) is 23.1 Å². The van der Waals surface area contributed by atoms with Crippen molar-refractivity contribution in [1.29, 1.82) is 0 Å². The fraction of sp³-hybridized carbons (Fsp3) is 0.167. The van der Waals surface area contributed by atoms with Crippen molar-refractivity contribution in [1.82, 2.24) is 0 Å². The van der Waals surface area contributed by atoms with E-state index in [0.29, 0.717) is 0 Å². The van der Waals surface area contributed by atoms with E-state index in [1.165, 1.54) is 16.7 Å². The smallest absolute Gasteiger partial charge is 0.0230 e. The Morgan fingerprint density at radius 1 is 1.25 bits per heavy atom. The molecule has 12 heavy (non-hydrogen) atoms. The van der Waals surface area contributed by atoms with Crippen LogP contribution in [0.3, 0.4) is 0 Å². The van der Waals surface area contributed by atoms with Gasteiger partial charge in [-0.3, -0.25) is 0 Å². The number of hydrogen-bond donors (Lipinski definition) is 0. The van der Waals surface area contributed by atoms with E-state index in [2.05, 4.69) is 38.3 Å². The van der Waals surface area contributed by atoms with Crippen LogP contribution in [0.5, 0.6) is 0 Å². The summed E-state index contributed by atoms with van der Waals surface area (Å²) in [5.74, 6) is 0. The molecule has 0 aliphatic carbocycles. The molecule has 62 valence electrons. The minimum Gasteiger partial charge on any atom is -0.0985 e. The molecule has 1 rings (SSSR count). The monoisotopic (exact) mass is 158 g/mol. The Balaban J connectivity index is 3.18. The maximum Gasteiger partial charge on any atom is -0.0230 e. The molecule has 0 atom stereocenters. The van der Waals surface area contributed by atoms with E-state index in [-0.39, 0.29) is 0 Å². The molecule has 0 N–H and O–H groups in total. The molecule has 0 radical (unpaired) electrons. The second kappa shape index (κ2) is 3.91. The molecule has 0 nitrogen and oxygen atoms in total. The fourth-order valence-corrected chi connectivity index (χ4v) is 1.26. The number of benzene rings is 1. The summed E-state index contributed by atoms with van der Waals surface area (Å²) in [6.07, 6.45) is 4.81. The van der Waals surface area contributed by atoms with E-state index >= 15 is 0 Å². The average molecular weight is 158 g/mol. The molecule has 0 fully saturated rings. The van der Waals surface area contributed by atoms with E-state index in [0.717, 1.165) is 6.42 Å². The minimum atomic E-state index is 1.04. The topological polar surface area (TPSA) is 0 Å². The van der Waals surface area contributed by atoms with Gasteiger partial charge in [0.1, 0.15) is 0 Å². The lowest BCUT2D eigenvalue weighted by atomic mass is 10.0. The predicted molar refractivity (Wildman–Crippen MR) is 56.0 cm³/mol. The first kappa shape index (κ1) is 8.79. The van der Waals surface area contributed by atoms with Crippen LogP contribution in [-0.2, 0) is 6.42 Å². The number of aryl methyl sites for hydroxylation is 1. The zero-order valence-electron chi connectivity index (χ0n) is 7.51. The Bertz CT molecular complexity index is 295. The highest BCUT2D eigenvalue weighted by atomic mass is 14.0. The maximum absolute atomic E-state index is 3.77. The molecule has 0 spiro atoms. The lowest BCUT2D eigenvalue weighted by Gasteiger charge is -2.03. The van der Waals surface area contributed by atoms with Crippen LogP contribution in [0.25, 0.3) is 12.2 Å². The summed E-state index contributed by atoms with van der Waals surface area (Å²) in [7, 11) is 0. The largest absolute Gasteiger partial charge is 0.0985 e. The normalized spacial score (nSPS) is 9.42. The Morgan fingerprint density at radius 2 is 2.00 bits per heavy atom. The molecule has 0 saturated carbocycles. The van der Waals surface area contributed by atoms with Gasteiger partial charge in [-0.2, -0.15) is 0 Å². The maximum atomic E-state index is 3.77. The van der Waals surface area contributed by atoms with Gasteiger partial charge in [0.15, 0.2) is 0 Å². The standard InChI is InChI=1S/C12H14/c1-4-10-7-8-11(5-2)12(6-3)9-10/h4-5,7-9H,1-2,6H2,3H3. The van der Waals surface area contributed by atoms with Crippen LogP contribution in [0, 0.1) is 0 Å². The van der Waals surface area contributed by atoms with Crippen molar-refractivity contribution < 1.29 is 0 Å². The van der Waals surface area contributed by atoms with Gasteiger partial charge in [0.05, 0.1) is 0 Å². The SMILES string of the molecule is C=Cc1ccc(C=C)c(CC)c1. The first-order chi connectivity index (χ1) is 5.81. The highest BCUT2D eigenvalue weighted by molar-refractivity contribution is 5.57. The van der Waals surface area contributed by atoms with Gasteiger partial charge in [0, 0.05) is 0 Å². The van der Waals surface area contributed by atoms with Crippen LogP contribution in [-0.4, -0.2) is 0 Å². The Morgan fingerprint density at radius 3 is 2.50 bits per heavy atom. The quantitative estimate of drug-likeness (QED) is 0.631. The Hall–Kier alpha value is -1.30. The van der Waals surface area contributed by atoms with Crippen LogP contribution >= 0.6 is 0 Å². The van der Waals surface area contributed by atoms with Crippen molar-refractivity contribution in [3.63, 3.8) is 0 Å². The van der Waals surface area contributed by atoms with Crippen molar-refractivity contribution in [3.8, 4) is 0 Å². The summed E-state index contributed by atoms with van der Waals surface area (Å²) in [6.45, 7) is 9.65. The molecular weight excluding hydrogens is 144 g/mol. The minimum absolute atomic E-state index is 1.04. The lowest BCUT2D eigenvalue weighted by Crippen LogP contribution is -1.86. The van der Waals surface area contributed by atoms with Gasteiger partial charge >= 0.3 is 0 Å². The summed E-state index contributed by atoms with van der Waals surface area (Å²) < 4.78 is 0. The van der Waals surface area contributed by atoms with E-state index < -0.39 is 0 Å². The third-order valence-electron chi connectivity index (χ3n) is 2.00. The molecule has 0 amide bonds. The van der Waals surface area contributed by atoms with Gasteiger partial charge < -0.3 is 0 Å². The van der Waals surface area contributed by atoms with E-state index in [1.807, 2.05) is 12.2 Å². The molecule has 0 heterocycles. The van der Waals surface area contributed by atoms with Gasteiger partial charge in [0.2, 0.25) is 0 Å². The fourth-order valence-electron chi connectivity index (χ4n) is 1.26. The van der Waals surface area contributed by atoms with Gasteiger partial charge in [0.25, 0.3) is 0 Å². The van der Waals surface area contributed by atoms with Crippen molar-refractivity contribution in [3.05, 3.63) is 48.0 Å². The third kappa shape index (κ3) is 1.65. The molecule has 0 aliphatic rings. The van der Waals surface area contributed by atoms with Gasteiger partial charge in [-0.25, -0.2) is 0 Å². The third-order valence-corrected chi connectivity index (χ3v) is 2.00. The summed E-state index contributed by atoms with van der Waals surface area (Å²) >= 11 is 0. The Kier molecular flexibility index (Phi) is 2.87. The van der Waals surface area contributed by atoms with Crippen LogP contribution < -0.4 is 0 Å². The molecule has 0 heteroatoms. The van der Waals surface area contributed by atoms with E-state index in [4.69, 9.17) is 0 Å². The average Bonchev–Trinajstić information content (AvgIpc) is 2.16. The Labute approximate surface area is 74.2 Å². The molecule has 1 aromatic rings. The summed E-state index contributed by atoms with van der Waals surface area (Å²) in [6, 6.07) is 6.30. The van der Waals surface area contributed by atoms with Crippen molar-refractivity contribution in [2.75, 3.05) is 0 Å². The van der Waals surface area contributed by atoms with E-state index in [1.54, 1.807) is 0 Å². The van der Waals surface area contributed by atoms with Crippen molar-refractivity contribution in [2.24, 2.45) is 0 Å². The molecule has 0 bridgehead atoms. The lowest BCUT2D eigenvalue weighted by molar-refractivity contribution is 1.13. The molecule has 1 aromatic carbocycles. The first-order valence-corrected chi connectivity index (χ1v) is 4.19. The van der Waals surface area contributed by atoms with Gasteiger partial charge in [-0.15, -0.1) is 0 Å². The highest BCUT2D eigenvalue weighted by Crippen LogP contribution is 2.14. The van der Waals surface area contributed by atoms with Crippen molar-refractivity contribution in [2.45, 2.75) is 13.3 Å². The summed E-state index contributed by atoms with van der Waals surface area (Å²) in [5, 5.41) is 0. The zero-order chi connectivity index (χ0) is 8.97. The van der Waals surface area contributed by atoms with E-state index in [9.17, 15) is 0 Å². The second-order valence-corrected chi connectivity index (χ2v) is 2.72. The highest BCUT2D eigenvalue weighted by Gasteiger charge is 1.96. The summed E-state index contributed by atoms with van der Waals surface area (Å²) in [5.41, 5.74) is 3.74. The molecule has 0 aromatic heterocycles. The van der Waals surface area contributed by atoms with Crippen LogP contribution in [0.4, 0.5) is 0 Å². The van der Waals surface area contributed by atoms with Gasteiger partial charge in [-0.1, -0.05) is 50.4 Å². The predicted octanol–water partition coefficient (Wildman–Crippen LogP) is 3.54. The molecule has 0 unspecified atom stereocenters. The van der Waals surface area contributed by atoms with Crippen LogP contribution in [0.1, 0.15) is 23.6 Å². The first-order valence-electron chi connectivity index (χ1n) is 4.19. The molecular formula is C12H14. The number of rotatable bonds is 3. The number of hydrogen-bond acceptors (Lipinski definition) is 0. The van der Waals surface area contributed by atoms with Crippen LogP contribution in [0.15, 0.2) is 31.4 Å². The van der Waals surface area contributed by atoms with Crippen LogP contribution in [0.2, 0.25) is 0 Å². The second-order valence-electron chi connectivity index (χ2n) is 2.72. The molecule has 0 aliphatic heterocycles. The molecule has 0 saturated heterocycles.